The maximum atomic E-state index is 12.2. The van der Waals surface area contributed by atoms with Crippen LogP contribution in [0.4, 0.5) is 0 Å². The van der Waals surface area contributed by atoms with Crippen LogP contribution in [0.3, 0.4) is 0 Å². The summed E-state index contributed by atoms with van der Waals surface area (Å²) < 4.78 is 5.52. The Hall–Kier alpha value is -0.970. The van der Waals surface area contributed by atoms with Crippen LogP contribution in [0.5, 0.6) is 5.75 Å². The highest BCUT2D eigenvalue weighted by Gasteiger charge is 2.26. The lowest BCUT2D eigenvalue weighted by atomic mass is 10.0. The van der Waals surface area contributed by atoms with Crippen molar-refractivity contribution in [1.29, 1.82) is 0 Å². The van der Waals surface area contributed by atoms with Gasteiger partial charge in [-0.15, -0.1) is 0 Å². The zero-order chi connectivity index (χ0) is 16.2. The molecule has 2 fully saturated rings. The van der Waals surface area contributed by atoms with Crippen LogP contribution in [0.1, 0.15) is 25.7 Å². The Kier molecular flexibility index (Phi) is 5.67. The molecule has 1 N–H and O–H groups in total. The lowest BCUT2D eigenvalue weighted by Gasteiger charge is -2.32. The van der Waals surface area contributed by atoms with Gasteiger partial charge in [-0.25, -0.2) is 0 Å². The van der Waals surface area contributed by atoms with Crippen LogP contribution in [-0.2, 0) is 4.79 Å². The first kappa shape index (κ1) is 16.9. The molecule has 23 heavy (non-hydrogen) atoms. The van der Waals surface area contributed by atoms with E-state index in [-0.39, 0.29) is 12.5 Å². The second-order valence-electron chi connectivity index (χ2n) is 6.37. The number of carbonyl (C=O) groups is 1. The zero-order valence-electron chi connectivity index (χ0n) is 13.1. The SMILES string of the molecule is O=C(COc1ccc(Cl)c(Cl)c1)N1CCC(NCC2CC2)CC1. The normalized spacial score (nSPS) is 19.0. The lowest BCUT2D eigenvalue weighted by Crippen LogP contribution is -2.46. The van der Waals surface area contributed by atoms with Gasteiger partial charge in [0.25, 0.3) is 5.91 Å². The van der Waals surface area contributed by atoms with E-state index < -0.39 is 0 Å². The van der Waals surface area contributed by atoms with Gasteiger partial charge in [-0.05, 0) is 50.3 Å². The van der Waals surface area contributed by atoms with Gasteiger partial charge in [0.1, 0.15) is 5.75 Å². The number of carbonyl (C=O) groups excluding carboxylic acids is 1. The van der Waals surface area contributed by atoms with E-state index in [0.717, 1.165) is 38.4 Å². The summed E-state index contributed by atoms with van der Waals surface area (Å²) in [5.74, 6) is 1.49. The lowest BCUT2D eigenvalue weighted by molar-refractivity contribution is -0.134. The van der Waals surface area contributed by atoms with Gasteiger partial charge in [-0.3, -0.25) is 4.79 Å². The molecule has 6 heteroatoms. The fourth-order valence-corrected chi connectivity index (χ4v) is 3.08. The minimum Gasteiger partial charge on any atom is -0.484 e. The van der Waals surface area contributed by atoms with E-state index in [9.17, 15) is 4.79 Å². The molecule has 1 saturated carbocycles. The Morgan fingerprint density at radius 3 is 2.57 bits per heavy atom. The quantitative estimate of drug-likeness (QED) is 0.849. The molecule has 0 spiro atoms. The topological polar surface area (TPSA) is 41.6 Å². The fourth-order valence-electron chi connectivity index (χ4n) is 2.79. The highest BCUT2D eigenvalue weighted by molar-refractivity contribution is 6.42. The zero-order valence-corrected chi connectivity index (χ0v) is 14.6. The maximum Gasteiger partial charge on any atom is 0.260 e. The van der Waals surface area contributed by atoms with Crippen LogP contribution in [0.25, 0.3) is 0 Å². The molecule has 1 aromatic carbocycles. The predicted octanol–water partition coefficient (Wildman–Crippen LogP) is 3.36. The molecule has 126 valence electrons. The second kappa shape index (κ2) is 7.73. The summed E-state index contributed by atoms with van der Waals surface area (Å²) in [5.41, 5.74) is 0. The van der Waals surface area contributed by atoms with Crippen molar-refractivity contribution in [3.63, 3.8) is 0 Å². The maximum absolute atomic E-state index is 12.2. The van der Waals surface area contributed by atoms with Crippen molar-refractivity contribution in [2.45, 2.75) is 31.7 Å². The van der Waals surface area contributed by atoms with Crippen molar-refractivity contribution in [3.8, 4) is 5.75 Å². The van der Waals surface area contributed by atoms with Crippen molar-refractivity contribution in [1.82, 2.24) is 10.2 Å². The number of nitrogens with one attached hydrogen (secondary N) is 1. The number of hydrogen-bond donors (Lipinski definition) is 1. The minimum atomic E-state index is 0.0247. The van der Waals surface area contributed by atoms with Gasteiger partial charge in [0, 0.05) is 25.2 Å². The molecule has 1 amide bonds. The molecular formula is C17H22Cl2N2O2. The van der Waals surface area contributed by atoms with E-state index in [1.54, 1.807) is 18.2 Å². The largest absolute Gasteiger partial charge is 0.484 e. The number of piperidine rings is 1. The van der Waals surface area contributed by atoms with Crippen molar-refractivity contribution < 1.29 is 9.53 Å². The summed E-state index contributed by atoms with van der Waals surface area (Å²) in [4.78, 5) is 14.1. The molecule has 0 aromatic heterocycles. The molecule has 2 aliphatic rings. The summed E-state index contributed by atoms with van der Waals surface area (Å²) in [7, 11) is 0. The van der Waals surface area contributed by atoms with Gasteiger partial charge in [0.15, 0.2) is 6.61 Å². The average molecular weight is 357 g/mol. The van der Waals surface area contributed by atoms with Gasteiger partial charge < -0.3 is 15.0 Å². The van der Waals surface area contributed by atoms with Crippen LogP contribution in [0.15, 0.2) is 18.2 Å². The number of benzene rings is 1. The van der Waals surface area contributed by atoms with E-state index in [0.29, 0.717) is 21.8 Å². The molecule has 1 saturated heterocycles. The van der Waals surface area contributed by atoms with Gasteiger partial charge in [-0.1, -0.05) is 23.2 Å². The second-order valence-corrected chi connectivity index (χ2v) is 7.19. The molecule has 1 aromatic rings. The molecule has 3 rings (SSSR count). The molecular weight excluding hydrogens is 335 g/mol. The van der Waals surface area contributed by atoms with E-state index in [2.05, 4.69) is 5.32 Å². The molecule has 4 nitrogen and oxygen atoms in total. The smallest absolute Gasteiger partial charge is 0.260 e. The van der Waals surface area contributed by atoms with Gasteiger partial charge in [-0.2, -0.15) is 0 Å². The van der Waals surface area contributed by atoms with Crippen molar-refractivity contribution >= 4 is 29.1 Å². The standard InChI is InChI=1S/C17H22Cl2N2O2/c18-15-4-3-14(9-16(15)19)23-11-17(22)21-7-5-13(6-8-21)20-10-12-1-2-12/h3-4,9,12-13,20H,1-2,5-8,10-11H2. The van der Waals surface area contributed by atoms with Crippen LogP contribution in [0, 0.1) is 5.92 Å². The first-order valence-corrected chi connectivity index (χ1v) is 8.96. The van der Waals surface area contributed by atoms with Crippen molar-refractivity contribution in [2.24, 2.45) is 5.92 Å². The average Bonchev–Trinajstić information content (AvgIpc) is 3.38. The number of nitrogens with zero attached hydrogens (tertiary/aromatic N) is 1. The van der Waals surface area contributed by atoms with Crippen LogP contribution < -0.4 is 10.1 Å². The van der Waals surface area contributed by atoms with Gasteiger partial charge in [0.2, 0.25) is 0 Å². The summed E-state index contributed by atoms with van der Waals surface area (Å²) in [6.45, 7) is 2.77. The molecule has 1 heterocycles. The Morgan fingerprint density at radius 1 is 1.17 bits per heavy atom. The van der Waals surface area contributed by atoms with E-state index in [4.69, 9.17) is 27.9 Å². The first-order valence-electron chi connectivity index (χ1n) is 8.21. The van der Waals surface area contributed by atoms with Gasteiger partial charge in [0.05, 0.1) is 10.0 Å². The fraction of sp³-hybridized carbons (Fsp3) is 0.588. The van der Waals surface area contributed by atoms with E-state index in [1.807, 2.05) is 4.90 Å². The Balaban J connectivity index is 1.39. The predicted molar refractivity (Wildman–Crippen MR) is 92.3 cm³/mol. The first-order chi connectivity index (χ1) is 11.1. The molecule has 0 unspecified atom stereocenters. The molecule has 1 aliphatic carbocycles. The highest BCUT2D eigenvalue weighted by Crippen LogP contribution is 2.28. The summed E-state index contributed by atoms with van der Waals surface area (Å²) >= 11 is 11.8. The number of likely N-dealkylation sites (tertiary alicyclic amines) is 1. The highest BCUT2D eigenvalue weighted by atomic mass is 35.5. The van der Waals surface area contributed by atoms with Crippen molar-refractivity contribution in [3.05, 3.63) is 28.2 Å². The summed E-state index contributed by atoms with van der Waals surface area (Å²) in [6, 6.07) is 5.57. The summed E-state index contributed by atoms with van der Waals surface area (Å²) in [6.07, 6.45) is 4.78. The molecule has 1 aliphatic heterocycles. The Labute approximate surface area is 147 Å². The van der Waals surface area contributed by atoms with Crippen LogP contribution in [0.2, 0.25) is 10.0 Å². The number of ether oxygens (including phenoxy) is 1. The minimum absolute atomic E-state index is 0.0247. The number of amides is 1. The van der Waals surface area contributed by atoms with Crippen LogP contribution in [-0.4, -0.2) is 43.1 Å². The van der Waals surface area contributed by atoms with Gasteiger partial charge >= 0.3 is 0 Å². The number of halogens is 2. The molecule has 0 atom stereocenters. The number of hydrogen-bond acceptors (Lipinski definition) is 3. The Bertz CT molecular complexity index is 556. The Morgan fingerprint density at radius 2 is 1.91 bits per heavy atom. The summed E-state index contributed by atoms with van der Waals surface area (Å²) in [5, 5.41) is 4.52. The number of rotatable bonds is 6. The molecule has 0 radical (unpaired) electrons. The van der Waals surface area contributed by atoms with Crippen LogP contribution >= 0.6 is 23.2 Å². The van der Waals surface area contributed by atoms with E-state index in [1.165, 1.54) is 12.8 Å². The third-order valence-corrected chi connectivity index (χ3v) is 5.23. The molecule has 0 bridgehead atoms. The monoisotopic (exact) mass is 356 g/mol. The third kappa shape index (κ3) is 5.00. The van der Waals surface area contributed by atoms with Crippen molar-refractivity contribution in [2.75, 3.05) is 26.2 Å². The van der Waals surface area contributed by atoms with E-state index >= 15 is 0 Å². The third-order valence-electron chi connectivity index (χ3n) is 4.49.